The van der Waals surface area contributed by atoms with Crippen molar-refractivity contribution in [2.75, 3.05) is 19.7 Å². The van der Waals surface area contributed by atoms with Crippen LogP contribution in [0.4, 0.5) is 0 Å². The normalized spacial score (nSPS) is 26.2. The average Bonchev–Trinajstić information content (AvgIpc) is 2.50. The molecule has 14 heavy (non-hydrogen) atoms. The Kier molecular flexibility index (Phi) is 3.41. The van der Waals surface area contributed by atoms with Crippen LogP contribution in [0.15, 0.2) is 12.7 Å². The zero-order valence-corrected chi connectivity index (χ0v) is 8.34. The minimum atomic E-state index is -1.02. The van der Waals surface area contributed by atoms with Crippen LogP contribution >= 0.6 is 0 Å². The third kappa shape index (κ3) is 1.70. The first-order valence-corrected chi connectivity index (χ1v) is 4.69. The molecule has 0 aromatic carbocycles. The fourth-order valence-corrected chi connectivity index (χ4v) is 1.63. The van der Waals surface area contributed by atoms with Gasteiger partial charge in [-0.05, 0) is 13.3 Å². The third-order valence-electron chi connectivity index (χ3n) is 2.41. The molecule has 1 rings (SSSR count). The molecule has 0 bridgehead atoms. The Morgan fingerprint density at radius 2 is 2.50 bits per heavy atom. The second-order valence-electron chi connectivity index (χ2n) is 3.32. The van der Waals surface area contributed by atoms with E-state index in [1.54, 1.807) is 13.0 Å². The molecule has 0 aromatic rings. The third-order valence-corrected chi connectivity index (χ3v) is 2.41. The van der Waals surface area contributed by atoms with Gasteiger partial charge in [0.25, 0.3) is 0 Å². The van der Waals surface area contributed by atoms with Gasteiger partial charge in [0.2, 0.25) is 0 Å². The number of rotatable bonds is 4. The highest BCUT2D eigenvalue weighted by atomic mass is 16.5. The molecule has 0 saturated carbocycles. The van der Waals surface area contributed by atoms with Crippen LogP contribution in [0.5, 0.6) is 0 Å². The number of allylic oxidation sites excluding steroid dienone is 1. The Morgan fingerprint density at radius 1 is 1.79 bits per heavy atom. The molecular weight excluding hydrogens is 182 g/mol. The predicted octanol–water partition coefficient (Wildman–Crippen LogP) is 0.284. The van der Waals surface area contributed by atoms with Gasteiger partial charge in [-0.2, -0.15) is 0 Å². The summed E-state index contributed by atoms with van der Waals surface area (Å²) < 4.78 is 4.90. The quantitative estimate of drug-likeness (QED) is 0.399. The summed E-state index contributed by atoms with van der Waals surface area (Å²) in [5, 5.41) is 2.89. The summed E-state index contributed by atoms with van der Waals surface area (Å²) in [5.41, 5.74) is -1.02. The number of nitrogens with one attached hydrogen (secondary N) is 1. The topological polar surface area (TPSA) is 55.4 Å². The molecule has 78 valence electrons. The van der Waals surface area contributed by atoms with Crippen molar-refractivity contribution in [2.45, 2.75) is 13.3 Å². The number of carbonyl (C=O) groups is 2. The fraction of sp³-hybridized carbons (Fsp3) is 0.600. The lowest BCUT2D eigenvalue weighted by atomic mass is 9.82. The molecule has 1 aliphatic heterocycles. The second kappa shape index (κ2) is 4.37. The van der Waals surface area contributed by atoms with Crippen LogP contribution in [-0.4, -0.2) is 31.4 Å². The molecule has 0 radical (unpaired) electrons. The highest BCUT2D eigenvalue weighted by Crippen LogP contribution is 2.28. The summed E-state index contributed by atoms with van der Waals surface area (Å²) in [6.07, 6.45) is 1.93. The SMILES string of the molecule is C=CCC1(C(=O)OCC)CNCC1=O. The van der Waals surface area contributed by atoms with Gasteiger partial charge in [-0.1, -0.05) is 6.08 Å². The van der Waals surface area contributed by atoms with Crippen molar-refractivity contribution < 1.29 is 14.3 Å². The van der Waals surface area contributed by atoms with Crippen molar-refractivity contribution >= 4 is 11.8 Å². The number of hydrogen-bond acceptors (Lipinski definition) is 4. The van der Waals surface area contributed by atoms with Gasteiger partial charge in [-0.25, -0.2) is 0 Å². The van der Waals surface area contributed by atoms with Gasteiger partial charge < -0.3 is 10.1 Å². The van der Waals surface area contributed by atoms with Crippen LogP contribution in [-0.2, 0) is 14.3 Å². The lowest BCUT2D eigenvalue weighted by Crippen LogP contribution is -2.40. The smallest absolute Gasteiger partial charge is 0.321 e. The highest BCUT2D eigenvalue weighted by Gasteiger charge is 2.48. The number of Topliss-reactive ketones (excluding diaryl/α,β-unsaturated/α-hetero) is 1. The number of hydrogen-bond donors (Lipinski definition) is 1. The van der Waals surface area contributed by atoms with E-state index in [0.717, 1.165) is 0 Å². The zero-order valence-electron chi connectivity index (χ0n) is 8.34. The first kappa shape index (κ1) is 10.9. The minimum Gasteiger partial charge on any atom is -0.465 e. The van der Waals surface area contributed by atoms with E-state index in [1.807, 2.05) is 0 Å². The molecule has 0 amide bonds. The van der Waals surface area contributed by atoms with Gasteiger partial charge >= 0.3 is 5.97 Å². The molecule has 1 saturated heterocycles. The molecule has 4 heteroatoms. The molecule has 1 unspecified atom stereocenters. The van der Waals surface area contributed by atoms with Crippen molar-refractivity contribution in [1.29, 1.82) is 0 Å². The summed E-state index contributed by atoms with van der Waals surface area (Å²) in [6.45, 7) is 6.18. The lowest BCUT2D eigenvalue weighted by Gasteiger charge is -2.22. The van der Waals surface area contributed by atoms with Crippen LogP contribution < -0.4 is 5.32 Å². The van der Waals surface area contributed by atoms with E-state index in [2.05, 4.69) is 11.9 Å². The minimum absolute atomic E-state index is 0.101. The molecule has 1 heterocycles. The van der Waals surface area contributed by atoms with Gasteiger partial charge in [-0.15, -0.1) is 6.58 Å². The van der Waals surface area contributed by atoms with E-state index in [9.17, 15) is 9.59 Å². The summed E-state index contributed by atoms with van der Waals surface area (Å²) in [5.74, 6) is -0.536. The predicted molar refractivity (Wildman–Crippen MR) is 51.8 cm³/mol. The maximum Gasteiger partial charge on any atom is 0.321 e. The van der Waals surface area contributed by atoms with E-state index in [0.29, 0.717) is 19.6 Å². The van der Waals surface area contributed by atoms with Gasteiger partial charge in [0.15, 0.2) is 5.78 Å². The van der Waals surface area contributed by atoms with Crippen LogP contribution in [0.3, 0.4) is 0 Å². The Morgan fingerprint density at radius 3 is 2.93 bits per heavy atom. The molecule has 1 N–H and O–H groups in total. The number of ether oxygens (including phenoxy) is 1. The van der Waals surface area contributed by atoms with Crippen LogP contribution in [0.1, 0.15) is 13.3 Å². The summed E-state index contributed by atoms with van der Waals surface area (Å²) in [6, 6.07) is 0. The van der Waals surface area contributed by atoms with Gasteiger partial charge in [0.1, 0.15) is 5.41 Å². The fourth-order valence-electron chi connectivity index (χ4n) is 1.63. The van der Waals surface area contributed by atoms with Crippen LogP contribution in [0.2, 0.25) is 0 Å². The zero-order chi connectivity index (χ0) is 10.6. The number of ketones is 1. The summed E-state index contributed by atoms with van der Waals surface area (Å²) >= 11 is 0. The van der Waals surface area contributed by atoms with Gasteiger partial charge in [-0.3, -0.25) is 9.59 Å². The van der Waals surface area contributed by atoms with Crippen molar-refractivity contribution in [3.8, 4) is 0 Å². The first-order chi connectivity index (χ1) is 6.67. The maximum absolute atomic E-state index is 11.6. The van der Waals surface area contributed by atoms with Crippen molar-refractivity contribution in [3.63, 3.8) is 0 Å². The molecule has 4 nitrogen and oxygen atoms in total. The molecule has 1 fully saturated rings. The first-order valence-electron chi connectivity index (χ1n) is 4.69. The molecule has 0 spiro atoms. The maximum atomic E-state index is 11.6. The highest BCUT2D eigenvalue weighted by molar-refractivity contribution is 6.06. The Labute approximate surface area is 83.3 Å². The molecule has 1 aliphatic rings. The van der Waals surface area contributed by atoms with E-state index >= 15 is 0 Å². The molecule has 0 aliphatic carbocycles. The Hall–Kier alpha value is -1.16. The van der Waals surface area contributed by atoms with Crippen molar-refractivity contribution in [1.82, 2.24) is 5.32 Å². The van der Waals surface area contributed by atoms with Gasteiger partial charge in [0, 0.05) is 6.54 Å². The number of esters is 1. The molecule has 1 atom stereocenters. The van der Waals surface area contributed by atoms with E-state index in [4.69, 9.17) is 4.74 Å². The molecule has 0 aromatic heterocycles. The Balaban J connectivity index is 2.85. The van der Waals surface area contributed by atoms with E-state index in [-0.39, 0.29) is 12.3 Å². The largest absolute Gasteiger partial charge is 0.465 e. The van der Waals surface area contributed by atoms with Crippen LogP contribution in [0.25, 0.3) is 0 Å². The standard InChI is InChI=1S/C10H15NO3/c1-3-5-10(9(13)14-4-2)7-11-6-8(10)12/h3,11H,1,4-7H2,2H3. The molecular formula is C10H15NO3. The lowest BCUT2D eigenvalue weighted by molar-refractivity contribution is -0.157. The number of carbonyl (C=O) groups excluding carboxylic acids is 2. The average molecular weight is 197 g/mol. The van der Waals surface area contributed by atoms with E-state index in [1.165, 1.54) is 0 Å². The van der Waals surface area contributed by atoms with Crippen molar-refractivity contribution in [2.24, 2.45) is 5.41 Å². The van der Waals surface area contributed by atoms with Crippen molar-refractivity contribution in [3.05, 3.63) is 12.7 Å². The monoisotopic (exact) mass is 197 g/mol. The summed E-state index contributed by atoms with van der Waals surface area (Å²) in [7, 11) is 0. The Bertz CT molecular complexity index is 262. The van der Waals surface area contributed by atoms with E-state index < -0.39 is 11.4 Å². The van der Waals surface area contributed by atoms with Crippen LogP contribution in [0, 0.1) is 5.41 Å². The van der Waals surface area contributed by atoms with Gasteiger partial charge in [0.05, 0.1) is 13.2 Å². The second-order valence-corrected chi connectivity index (χ2v) is 3.32. The summed E-state index contributed by atoms with van der Waals surface area (Å²) in [4.78, 5) is 23.2.